The number of fused-ring (bicyclic) bond motifs is 1. The summed E-state index contributed by atoms with van der Waals surface area (Å²) in [6.45, 7) is 3.04. The van der Waals surface area contributed by atoms with Crippen LogP contribution in [0.15, 0.2) is 30.3 Å². The molecular weight excluding hydrogens is 230 g/mol. The van der Waals surface area contributed by atoms with E-state index in [2.05, 4.69) is 0 Å². The summed E-state index contributed by atoms with van der Waals surface area (Å²) in [5.74, 6) is 0. The standard InChI is InChI=1S/C14H17NO3/c1-10-7-12-13(18-12)8-15(10)14(16)17-9-11-5-3-2-4-6-11/h2-6,10,12-13H,7-9H2,1H3/t10-,12-,13-/m1/s1. The Kier molecular flexibility index (Phi) is 2.96. The predicted octanol–water partition coefficient (Wildman–Crippen LogP) is 2.18. The van der Waals surface area contributed by atoms with Gasteiger partial charge in [-0.1, -0.05) is 30.3 Å². The Morgan fingerprint density at radius 1 is 1.39 bits per heavy atom. The number of rotatable bonds is 2. The Morgan fingerprint density at radius 2 is 2.17 bits per heavy atom. The zero-order valence-corrected chi connectivity index (χ0v) is 10.4. The monoisotopic (exact) mass is 247 g/mol. The van der Waals surface area contributed by atoms with Crippen molar-refractivity contribution in [1.29, 1.82) is 0 Å². The Balaban J connectivity index is 1.54. The molecule has 2 aliphatic heterocycles. The zero-order chi connectivity index (χ0) is 12.5. The maximum atomic E-state index is 12.0. The predicted molar refractivity (Wildman–Crippen MR) is 66.1 cm³/mol. The molecule has 0 spiro atoms. The Labute approximate surface area is 106 Å². The lowest BCUT2D eigenvalue weighted by atomic mass is 10.0. The summed E-state index contributed by atoms with van der Waals surface area (Å²) in [4.78, 5) is 13.8. The lowest BCUT2D eigenvalue weighted by Gasteiger charge is -2.30. The van der Waals surface area contributed by atoms with Gasteiger partial charge in [-0.15, -0.1) is 0 Å². The highest BCUT2D eigenvalue weighted by atomic mass is 16.6. The summed E-state index contributed by atoms with van der Waals surface area (Å²) in [5.41, 5.74) is 1.01. The van der Waals surface area contributed by atoms with E-state index in [0.29, 0.717) is 19.3 Å². The van der Waals surface area contributed by atoms with Crippen molar-refractivity contribution in [3.8, 4) is 0 Å². The molecule has 96 valence electrons. The highest BCUT2D eigenvalue weighted by Crippen LogP contribution is 2.34. The maximum absolute atomic E-state index is 12.0. The quantitative estimate of drug-likeness (QED) is 0.752. The van der Waals surface area contributed by atoms with Crippen LogP contribution in [-0.4, -0.2) is 35.8 Å². The molecular formula is C14H17NO3. The van der Waals surface area contributed by atoms with E-state index in [1.54, 1.807) is 4.90 Å². The minimum atomic E-state index is -0.236. The number of ether oxygens (including phenoxy) is 2. The van der Waals surface area contributed by atoms with Gasteiger partial charge in [0, 0.05) is 6.04 Å². The van der Waals surface area contributed by atoms with Gasteiger partial charge in [-0.3, -0.25) is 0 Å². The molecule has 0 N–H and O–H groups in total. The van der Waals surface area contributed by atoms with Crippen LogP contribution >= 0.6 is 0 Å². The van der Waals surface area contributed by atoms with Crippen molar-refractivity contribution in [2.75, 3.05) is 6.54 Å². The van der Waals surface area contributed by atoms with E-state index in [1.807, 2.05) is 37.3 Å². The van der Waals surface area contributed by atoms with E-state index >= 15 is 0 Å². The Morgan fingerprint density at radius 3 is 2.94 bits per heavy atom. The van der Waals surface area contributed by atoms with Gasteiger partial charge >= 0.3 is 6.09 Å². The van der Waals surface area contributed by atoms with Crippen molar-refractivity contribution >= 4 is 6.09 Å². The SMILES string of the molecule is C[C@@H]1C[C@H]2O[C@@H]2CN1C(=O)OCc1ccccc1. The number of epoxide rings is 1. The summed E-state index contributed by atoms with van der Waals surface area (Å²) < 4.78 is 10.8. The van der Waals surface area contributed by atoms with Crippen LogP contribution in [-0.2, 0) is 16.1 Å². The van der Waals surface area contributed by atoms with Crippen molar-refractivity contribution in [3.63, 3.8) is 0 Å². The largest absolute Gasteiger partial charge is 0.445 e. The van der Waals surface area contributed by atoms with Crippen molar-refractivity contribution in [2.24, 2.45) is 0 Å². The van der Waals surface area contributed by atoms with Gasteiger partial charge in [-0.05, 0) is 18.9 Å². The first-order valence-corrected chi connectivity index (χ1v) is 6.37. The maximum Gasteiger partial charge on any atom is 0.410 e. The molecule has 18 heavy (non-hydrogen) atoms. The molecule has 0 saturated carbocycles. The second kappa shape index (κ2) is 4.61. The molecule has 0 radical (unpaired) electrons. The van der Waals surface area contributed by atoms with Gasteiger partial charge in [0.1, 0.15) is 12.7 Å². The lowest BCUT2D eigenvalue weighted by Crippen LogP contribution is -2.45. The van der Waals surface area contributed by atoms with Gasteiger partial charge in [0.25, 0.3) is 0 Å². The number of likely N-dealkylation sites (tertiary alicyclic amines) is 1. The fourth-order valence-electron chi connectivity index (χ4n) is 2.44. The van der Waals surface area contributed by atoms with Gasteiger partial charge in [-0.25, -0.2) is 4.79 Å². The van der Waals surface area contributed by atoms with E-state index in [9.17, 15) is 4.79 Å². The number of hydrogen-bond donors (Lipinski definition) is 0. The molecule has 0 bridgehead atoms. The minimum absolute atomic E-state index is 0.206. The van der Waals surface area contributed by atoms with Crippen molar-refractivity contribution in [1.82, 2.24) is 4.90 Å². The van der Waals surface area contributed by atoms with Gasteiger partial charge in [0.2, 0.25) is 0 Å². The number of piperidine rings is 1. The number of amides is 1. The third-order valence-electron chi connectivity index (χ3n) is 3.61. The highest BCUT2D eigenvalue weighted by Gasteiger charge is 2.47. The number of carbonyl (C=O) groups is 1. The van der Waals surface area contributed by atoms with Crippen LogP contribution in [0.25, 0.3) is 0 Å². The first kappa shape index (κ1) is 11.5. The molecule has 4 nitrogen and oxygen atoms in total. The van der Waals surface area contributed by atoms with E-state index < -0.39 is 0 Å². The van der Waals surface area contributed by atoms with Crippen molar-refractivity contribution in [3.05, 3.63) is 35.9 Å². The average Bonchev–Trinajstić information content (AvgIpc) is 3.14. The van der Waals surface area contributed by atoms with Crippen molar-refractivity contribution in [2.45, 2.75) is 38.2 Å². The minimum Gasteiger partial charge on any atom is -0.445 e. The van der Waals surface area contributed by atoms with E-state index in [1.165, 1.54) is 0 Å². The smallest absolute Gasteiger partial charge is 0.410 e. The van der Waals surface area contributed by atoms with Crippen LogP contribution in [0.5, 0.6) is 0 Å². The second-order valence-electron chi connectivity index (χ2n) is 4.99. The molecule has 3 atom stereocenters. The van der Waals surface area contributed by atoms with Gasteiger partial charge in [-0.2, -0.15) is 0 Å². The molecule has 0 aromatic heterocycles. The summed E-state index contributed by atoms with van der Waals surface area (Å²) >= 11 is 0. The number of carbonyl (C=O) groups excluding carboxylic acids is 1. The Bertz CT molecular complexity index is 434. The topological polar surface area (TPSA) is 42.1 Å². The summed E-state index contributed by atoms with van der Waals surface area (Å²) in [5, 5.41) is 0. The second-order valence-corrected chi connectivity index (χ2v) is 4.99. The van der Waals surface area contributed by atoms with Crippen molar-refractivity contribution < 1.29 is 14.3 Å². The first-order chi connectivity index (χ1) is 8.74. The fraction of sp³-hybridized carbons (Fsp3) is 0.500. The molecule has 0 aliphatic carbocycles. The number of hydrogen-bond acceptors (Lipinski definition) is 3. The molecule has 1 amide bonds. The third-order valence-corrected chi connectivity index (χ3v) is 3.61. The molecule has 2 heterocycles. The van der Waals surface area contributed by atoms with E-state index in [0.717, 1.165) is 12.0 Å². The molecule has 0 unspecified atom stereocenters. The molecule has 2 fully saturated rings. The number of nitrogens with zero attached hydrogens (tertiary/aromatic N) is 1. The normalized spacial score (nSPS) is 29.6. The first-order valence-electron chi connectivity index (χ1n) is 6.37. The van der Waals surface area contributed by atoms with Crippen LogP contribution < -0.4 is 0 Å². The Hall–Kier alpha value is -1.55. The molecule has 1 aromatic rings. The van der Waals surface area contributed by atoms with Gasteiger partial charge < -0.3 is 14.4 Å². The molecule has 3 rings (SSSR count). The molecule has 1 aromatic carbocycles. The van der Waals surface area contributed by atoms with Crippen LogP contribution in [0.3, 0.4) is 0 Å². The van der Waals surface area contributed by atoms with Crippen LogP contribution in [0.1, 0.15) is 18.9 Å². The average molecular weight is 247 g/mol. The van der Waals surface area contributed by atoms with Crippen LogP contribution in [0, 0.1) is 0 Å². The van der Waals surface area contributed by atoms with Crippen LogP contribution in [0.4, 0.5) is 4.79 Å². The number of benzene rings is 1. The van der Waals surface area contributed by atoms with Gasteiger partial charge in [0.15, 0.2) is 0 Å². The van der Waals surface area contributed by atoms with E-state index in [4.69, 9.17) is 9.47 Å². The van der Waals surface area contributed by atoms with Gasteiger partial charge in [0.05, 0.1) is 12.6 Å². The van der Waals surface area contributed by atoms with E-state index in [-0.39, 0.29) is 18.2 Å². The zero-order valence-electron chi connectivity index (χ0n) is 10.4. The molecule has 2 aliphatic rings. The summed E-state index contributed by atoms with van der Waals surface area (Å²) in [6.07, 6.45) is 1.30. The summed E-state index contributed by atoms with van der Waals surface area (Å²) in [6, 6.07) is 9.93. The molecule has 4 heteroatoms. The third kappa shape index (κ3) is 2.34. The molecule has 2 saturated heterocycles. The fourth-order valence-corrected chi connectivity index (χ4v) is 2.44. The lowest BCUT2D eigenvalue weighted by molar-refractivity contribution is 0.0766. The highest BCUT2D eigenvalue weighted by molar-refractivity contribution is 5.68. The van der Waals surface area contributed by atoms with Crippen LogP contribution in [0.2, 0.25) is 0 Å². The summed E-state index contributed by atoms with van der Waals surface area (Å²) in [7, 11) is 0.